The quantitative estimate of drug-likeness (QED) is 0.765. The first-order chi connectivity index (χ1) is 8.36. The molecule has 3 heteroatoms. The van der Waals surface area contributed by atoms with Crippen LogP contribution >= 0.6 is 11.8 Å². The predicted molar refractivity (Wildman–Crippen MR) is 73.6 cm³/mol. The summed E-state index contributed by atoms with van der Waals surface area (Å²) in [6.45, 7) is 0.961. The van der Waals surface area contributed by atoms with Crippen molar-refractivity contribution in [1.29, 1.82) is 0 Å². The highest BCUT2D eigenvalue weighted by Gasteiger charge is 2.39. The minimum atomic E-state index is 0.229. The van der Waals surface area contributed by atoms with Crippen LogP contribution in [0, 0.1) is 0 Å². The van der Waals surface area contributed by atoms with Gasteiger partial charge in [0.15, 0.2) is 0 Å². The highest BCUT2D eigenvalue weighted by atomic mass is 32.2. The van der Waals surface area contributed by atoms with Crippen molar-refractivity contribution in [3.8, 4) is 0 Å². The number of rotatable bonds is 2. The molecule has 96 valence electrons. The van der Waals surface area contributed by atoms with E-state index in [0.717, 1.165) is 6.61 Å². The van der Waals surface area contributed by atoms with Crippen molar-refractivity contribution in [2.45, 2.75) is 56.2 Å². The lowest BCUT2D eigenvalue weighted by atomic mass is 9.85. The van der Waals surface area contributed by atoms with Crippen LogP contribution in [0.2, 0.25) is 0 Å². The number of hydrogen-bond acceptors (Lipinski definition) is 3. The average molecular weight is 253 g/mol. The van der Waals surface area contributed by atoms with Crippen LogP contribution in [-0.4, -0.2) is 35.8 Å². The Hall–Kier alpha value is 0.0100. The Morgan fingerprint density at radius 1 is 1.12 bits per heavy atom. The summed E-state index contributed by atoms with van der Waals surface area (Å²) in [7, 11) is 0. The standard InChI is InChI=1S/C14H23NOS/c1-2-4-12(3-1)15-13-5-8-16-14(11-13)6-9-17-10-7-14/h1-2,12-13,15H,3-11H2. The SMILES string of the molecule is C1=CCC(NC2CCOC3(CCSCC3)C2)C1. The van der Waals surface area contributed by atoms with Crippen molar-refractivity contribution in [1.82, 2.24) is 5.32 Å². The fraction of sp³-hybridized carbons (Fsp3) is 0.857. The van der Waals surface area contributed by atoms with Crippen LogP contribution in [0.3, 0.4) is 0 Å². The molecular weight excluding hydrogens is 230 g/mol. The Morgan fingerprint density at radius 2 is 1.88 bits per heavy atom. The van der Waals surface area contributed by atoms with Crippen molar-refractivity contribution in [2.24, 2.45) is 0 Å². The number of thioether (sulfide) groups is 1. The zero-order valence-electron chi connectivity index (χ0n) is 10.5. The second-order valence-corrected chi connectivity index (χ2v) is 6.86. The Bertz CT molecular complexity index is 272. The van der Waals surface area contributed by atoms with Crippen LogP contribution in [0.15, 0.2) is 12.2 Å². The minimum Gasteiger partial charge on any atom is -0.375 e. The largest absolute Gasteiger partial charge is 0.375 e. The number of ether oxygens (including phenoxy) is 1. The fourth-order valence-corrected chi connectivity index (χ4v) is 4.59. The van der Waals surface area contributed by atoms with Crippen LogP contribution in [0.25, 0.3) is 0 Å². The van der Waals surface area contributed by atoms with E-state index in [9.17, 15) is 0 Å². The van der Waals surface area contributed by atoms with Crippen LogP contribution in [0.5, 0.6) is 0 Å². The molecule has 1 unspecified atom stereocenters. The lowest BCUT2D eigenvalue weighted by molar-refractivity contribution is -0.0940. The van der Waals surface area contributed by atoms with Crippen LogP contribution in [0.1, 0.15) is 38.5 Å². The van der Waals surface area contributed by atoms with E-state index < -0.39 is 0 Å². The highest BCUT2D eigenvalue weighted by molar-refractivity contribution is 7.99. The third kappa shape index (κ3) is 2.88. The second-order valence-electron chi connectivity index (χ2n) is 5.64. The molecule has 0 aromatic heterocycles. The second kappa shape index (κ2) is 5.33. The van der Waals surface area contributed by atoms with Gasteiger partial charge < -0.3 is 10.1 Å². The normalized spacial score (nSPS) is 33.3. The Balaban J connectivity index is 1.55. The maximum Gasteiger partial charge on any atom is 0.0713 e. The Labute approximate surface area is 109 Å². The van der Waals surface area contributed by atoms with Crippen molar-refractivity contribution in [3.05, 3.63) is 12.2 Å². The van der Waals surface area contributed by atoms with E-state index in [1.54, 1.807) is 0 Å². The molecule has 1 aliphatic carbocycles. The van der Waals surface area contributed by atoms with Gasteiger partial charge in [0, 0.05) is 18.7 Å². The summed E-state index contributed by atoms with van der Waals surface area (Å²) >= 11 is 2.09. The summed E-state index contributed by atoms with van der Waals surface area (Å²) in [5.41, 5.74) is 0.229. The zero-order valence-corrected chi connectivity index (χ0v) is 11.3. The van der Waals surface area contributed by atoms with Gasteiger partial charge in [-0.1, -0.05) is 12.2 Å². The zero-order chi connectivity index (χ0) is 11.6. The molecule has 2 saturated heterocycles. The number of hydrogen-bond donors (Lipinski definition) is 1. The molecular formula is C14H23NOS. The summed E-state index contributed by atoms with van der Waals surface area (Å²) in [5.74, 6) is 2.58. The maximum atomic E-state index is 6.13. The lowest BCUT2D eigenvalue weighted by Crippen LogP contribution is -2.50. The Morgan fingerprint density at radius 3 is 2.65 bits per heavy atom. The van der Waals surface area contributed by atoms with Gasteiger partial charge in [0.1, 0.15) is 0 Å². The molecule has 2 heterocycles. The highest BCUT2D eigenvalue weighted by Crippen LogP contribution is 2.37. The van der Waals surface area contributed by atoms with Gasteiger partial charge in [0.25, 0.3) is 0 Å². The van der Waals surface area contributed by atoms with Gasteiger partial charge in [0.2, 0.25) is 0 Å². The molecule has 17 heavy (non-hydrogen) atoms. The molecule has 0 saturated carbocycles. The average Bonchev–Trinajstić information content (AvgIpc) is 2.83. The molecule has 0 bridgehead atoms. The summed E-state index contributed by atoms with van der Waals surface area (Å²) in [5, 5.41) is 3.84. The first-order valence-corrected chi connectivity index (χ1v) is 8.15. The van der Waals surface area contributed by atoms with Gasteiger partial charge >= 0.3 is 0 Å². The molecule has 3 rings (SSSR count). The van der Waals surface area contributed by atoms with E-state index in [1.165, 1.54) is 50.0 Å². The summed E-state index contributed by atoms with van der Waals surface area (Å²) in [4.78, 5) is 0. The van der Waals surface area contributed by atoms with Crippen molar-refractivity contribution in [3.63, 3.8) is 0 Å². The van der Waals surface area contributed by atoms with Crippen molar-refractivity contribution < 1.29 is 4.74 Å². The van der Waals surface area contributed by atoms with E-state index in [4.69, 9.17) is 4.74 Å². The summed E-state index contributed by atoms with van der Waals surface area (Å²) in [6, 6.07) is 1.39. The first kappa shape index (κ1) is 12.1. The molecule has 2 aliphatic heterocycles. The van der Waals surface area contributed by atoms with Crippen molar-refractivity contribution >= 4 is 11.8 Å². The van der Waals surface area contributed by atoms with Crippen LogP contribution in [-0.2, 0) is 4.74 Å². The fourth-order valence-electron chi connectivity index (χ4n) is 3.35. The summed E-state index contributed by atoms with van der Waals surface area (Å²) in [6.07, 6.45) is 12.0. The number of nitrogens with one attached hydrogen (secondary N) is 1. The van der Waals surface area contributed by atoms with Gasteiger partial charge in [0.05, 0.1) is 5.60 Å². The smallest absolute Gasteiger partial charge is 0.0713 e. The molecule has 3 aliphatic rings. The van der Waals surface area contributed by atoms with E-state index in [-0.39, 0.29) is 5.60 Å². The van der Waals surface area contributed by atoms with E-state index in [1.807, 2.05) is 0 Å². The van der Waals surface area contributed by atoms with Gasteiger partial charge in [-0.2, -0.15) is 11.8 Å². The molecule has 2 fully saturated rings. The third-order valence-electron chi connectivity index (χ3n) is 4.38. The minimum absolute atomic E-state index is 0.229. The molecule has 0 aromatic carbocycles. The molecule has 0 radical (unpaired) electrons. The van der Waals surface area contributed by atoms with E-state index in [0.29, 0.717) is 12.1 Å². The topological polar surface area (TPSA) is 21.3 Å². The van der Waals surface area contributed by atoms with Crippen LogP contribution in [0.4, 0.5) is 0 Å². The molecule has 0 amide bonds. The summed E-state index contributed by atoms with van der Waals surface area (Å²) < 4.78 is 6.13. The molecule has 1 atom stereocenters. The molecule has 2 nitrogen and oxygen atoms in total. The monoisotopic (exact) mass is 253 g/mol. The van der Waals surface area contributed by atoms with Gasteiger partial charge in [-0.25, -0.2) is 0 Å². The van der Waals surface area contributed by atoms with Gasteiger partial charge in [-0.05, 0) is 50.0 Å². The van der Waals surface area contributed by atoms with Gasteiger partial charge in [-0.15, -0.1) is 0 Å². The Kier molecular flexibility index (Phi) is 3.78. The molecule has 1 spiro atoms. The van der Waals surface area contributed by atoms with Gasteiger partial charge in [-0.3, -0.25) is 0 Å². The molecule has 1 N–H and O–H groups in total. The maximum absolute atomic E-state index is 6.13. The predicted octanol–water partition coefficient (Wildman–Crippen LogP) is 2.74. The van der Waals surface area contributed by atoms with Crippen LogP contribution < -0.4 is 5.32 Å². The van der Waals surface area contributed by atoms with Crippen molar-refractivity contribution in [2.75, 3.05) is 18.1 Å². The molecule has 0 aromatic rings. The first-order valence-electron chi connectivity index (χ1n) is 6.99. The van der Waals surface area contributed by atoms with E-state index >= 15 is 0 Å². The lowest BCUT2D eigenvalue weighted by Gasteiger charge is -2.44. The third-order valence-corrected chi connectivity index (χ3v) is 5.36. The van der Waals surface area contributed by atoms with E-state index in [2.05, 4.69) is 29.2 Å².